The van der Waals surface area contributed by atoms with Crippen LogP contribution in [0.3, 0.4) is 0 Å². The summed E-state index contributed by atoms with van der Waals surface area (Å²) in [6, 6.07) is 8.54. The van der Waals surface area contributed by atoms with Crippen LogP contribution in [0.15, 0.2) is 53.4 Å². The monoisotopic (exact) mass is 510 g/mol. The molecule has 0 saturated heterocycles. The molecule has 0 aliphatic rings. The second kappa shape index (κ2) is 11.2. The number of guanidine groups is 1. The normalized spacial score (nSPS) is 11.4. The molecule has 3 aromatic rings. The molecule has 0 aliphatic heterocycles. The first kappa shape index (κ1) is 22.4. The van der Waals surface area contributed by atoms with E-state index >= 15 is 0 Å². The lowest BCUT2D eigenvalue weighted by atomic mass is 10.1. The summed E-state index contributed by atoms with van der Waals surface area (Å²) in [7, 11) is 1.78. The quantitative estimate of drug-likeness (QED) is 0.287. The van der Waals surface area contributed by atoms with Crippen LogP contribution in [0.25, 0.3) is 0 Å². The standard InChI is InChI=1S/C20H26N6S.HI/c1-15(2)18-13-27-19(25-18)11-24-20(21-3)23-10-16-5-4-6-17(9-16)12-26-8-7-22-14-26;/h4-9,13-15H,10-12H2,1-3H3,(H2,21,23,24);1H. The van der Waals surface area contributed by atoms with Crippen molar-refractivity contribution in [2.75, 3.05) is 7.05 Å². The molecular weight excluding hydrogens is 483 g/mol. The number of rotatable bonds is 7. The van der Waals surface area contributed by atoms with Crippen molar-refractivity contribution < 1.29 is 0 Å². The first-order valence-electron chi connectivity index (χ1n) is 9.06. The van der Waals surface area contributed by atoms with Gasteiger partial charge in [0.15, 0.2) is 5.96 Å². The van der Waals surface area contributed by atoms with Crippen molar-refractivity contribution in [1.29, 1.82) is 0 Å². The summed E-state index contributed by atoms with van der Waals surface area (Å²) in [6.07, 6.45) is 5.60. The predicted octanol–water partition coefficient (Wildman–Crippen LogP) is 3.99. The first-order valence-corrected chi connectivity index (χ1v) is 9.94. The van der Waals surface area contributed by atoms with E-state index in [2.05, 4.69) is 73.7 Å². The second-order valence-electron chi connectivity index (χ2n) is 6.66. The largest absolute Gasteiger partial charge is 0.352 e. The van der Waals surface area contributed by atoms with Gasteiger partial charge >= 0.3 is 0 Å². The average molecular weight is 510 g/mol. The summed E-state index contributed by atoms with van der Waals surface area (Å²) in [5.74, 6) is 1.23. The van der Waals surface area contributed by atoms with Crippen LogP contribution in [-0.4, -0.2) is 27.5 Å². The summed E-state index contributed by atoms with van der Waals surface area (Å²) in [5, 5.41) is 9.90. The van der Waals surface area contributed by atoms with Crippen LogP contribution in [0.4, 0.5) is 0 Å². The van der Waals surface area contributed by atoms with Gasteiger partial charge in [-0.25, -0.2) is 9.97 Å². The number of hydrogen-bond acceptors (Lipinski definition) is 4. The zero-order valence-electron chi connectivity index (χ0n) is 16.4. The minimum Gasteiger partial charge on any atom is -0.352 e. The summed E-state index contributed by atoms with van der Waals surface area (Å²) >= 11 is 1.68. The van der Waals surface area contributed by atoms with Gasteiger partial charge in [-0.15, -0.1) is 35.3 Å². The third kappa shape index (κ3) is 6.59. The highest BCUT2D eigenvalue weighted by Gasteiger charge is 2.06. The van der Waals surface area contributed by atoms with Crippen molar-refractivity contribution in [2.45, 2.75) is 39.4 Å². The highest BCUT2D eigenvalue weighted by Crippen LogP contribution is 2.17. The zero-order valence-corrected chi connectivity index (χ0v) is 19.6. The molecule has 0 spiro atoms. The molecule has 0 atom stereocenters. The molecule has 2 N–H and O–H groups in total. The zero-order chi connectivity index (χ0) is 19.1. The maximum Gasteiger partial charge on any atom is 0.191 e. The summed E-state index contributed by atoms with van der Waals surface area (Å²) in [6.45, 7) is 6.54. The Morgan fingerprint density at radius 2 is 2.00 bits per heavy atom. The molecule has 8 heteroatoms. The van der Waals surface area contributed by atoms with Crippen molar-refractivity contribution in [2.24, 2.45) is 4.99 Å². The van der Waals surface area contributed by atoms with Gasteiger partial charge in [-0.1, -0.05) is 38.1 Å². The van der Waals surface area contributed by atoms with E-state index in [1.807, 2.05) is 12.5 Å². The van der Waals surface area contributed by atoms with Gasteiger partial charge < -0.3 is 15.2 Å². The van der Waals surface area contributed by atoms with Gasteiger partial charge in [0, 0.05) is 37.9 Å². The Morgan fingerprint density at radius 3 is 2.68 bits per heavy atom. The van der Waals surface area contributed by atoms with Crippen LogP contribution < -0.4 is 10.6 Å². The molecule has 0 aliphatic carbocycles. The number of benzene rings is 1. The fraction of sp³-hybridized carbons (Fsp3) is 0.350. The van der Waals surface area contributed by atoms with Gasteiger partial charge in [0.25, 0.3) is 0 Å². The first-order chi connectivity index (χ1) is 13.1. The summed E-state index contributed by atoms with van der Waals surface area (Å²) in [5.41, 5.74) is 3.61. The molecule has 0 bridgehead atoms. The van der Waals surface area contributed by atoms with Gasteiger partial charge in [-0.2, -0.15) is 0 Å². The second-order valence-corrected chi connectivity index (χ2v) is 7.60. The summed E-state index contributed by atoms with van der Waals surface area (Å²) in [4.78, 5) is 13.0. The van der Waals surface area contributed by atoms with E-state index in [1.165, 1.54) is 11.1 Å². The van der Waals surface area contributed by atoms with Crippen LogP contribution in [0.2, 0.25) is 0 Å². The van der Waals surface area contributed by atoms with Gasteiger partial charge in [-0.3, -0.25) is 4.99 Å². The highest BCUT2D eigenvalue weighted by molar-refractivity contribution is 14.0. The smallest absolute Gasteiger partial charge is 0.191 e. The van der Waals surface area contributed by atoms with Gasteiger partial charge in [0.2, 0.25) is 0 Å². The average Bonchev–Trinajstić information content (AvgIpc) is 3.34. The maximum absolute atomic E-state index is 4.65. The Kier molecular flexibility index (Phi) is 8.91. The van der Waals surface area contributed by atoms with Crippen molar-refractivity contribution in [3.8, 4) is 0 Å². The Balaban J connectivity index is 0.00000280. The fourth-order valence-electron chi connectivity index (χ4n) is 2.67. The minimum absolute atomic E-state index is 0. The van der Waals surface area contributed by atoms with E-state index in [9.17, 15) is 0 Å². The van der Waals surface area contributed by atoms with Crippen LogP contribution >= 0.6 is 35.3 Å². The Labute approximate surface area is 187 Å². The number of aliphatic imine (C=N–C) groups is 1. The van der Waals surface area contributed by atoms with Crippen molar-refractivity contribution in [1.82, 2.24) is 25.2 Å². The molecule has 2 aromatic heterocycles. The van der Waals surface area contributed by atoms with E-state index < -0.39 is 0 Å². The molecule has 150 valence electrons. The number of hydrogen-bond donors (Lipinski definition) is 2. The Morgan fingerprint density at radius 1 is 1.21 bits per heavy atom. The van der Waals surface area contributed by atoms with Gasteiger partial charge in [0.05, 0.1) is 18.6 Å². The lowest BCUT2D eigenvalue weighted by molar-refractivity contribution is 0.779. The lowest BCUT2D eigenvalue weighted by Gasteiger charge is -2.12. The van der Waals surface area contributed by atoms with E-state index in [1.54, 1.807) is 24.6 Å². The van der Waals surface area contributed by atoms with E-state index in [4.69, 9.17) is 0 Å². The number of aromatic nitrogens is 3. The number of nitrogens with one attached hydrogen (secondary N) is 2. The number of halogens is 1. The predicted molar refractivity (Wildman–Crippen MR) is 126 cm³/mol. The lowest BCUT2D eigenvalue weighted by Crippen LogP contribution is -2.36. The van der Waals surface area contributed by atoms with Crippen molar-refractivity contribution in [3.63, 3.8) is 0 Å². The van der Waals surface area contributed by atoms with Crippen LogP contribution in [-0.2, 0) is 19.6 Å². The van der Waals surface area contributed by atoms with Crippen molar-refractivity contribution in [3.05, 3.63) is 70.2 Å². The molecule has 6 nitrogen and oxygen atoms in total. The molecule has 0 fully saturated rings. The minimum atomic E-state index is 0. The van der Waals surface area contributed by atoms with Gasteiger partial charge in [0.1, 0.15) is 5.01 Å². The molecule has 2 heterocycles. The number of thiazole rings is 1. The van der Waals surface area contributed by atoms with Crippen LogP contribution in [0.1, 0.15) is 41.6 Å². The van der Waals surface area contributed by atoms with Gasteiger partial charge in [-0.05, 0) is 17.0 Å². The molecule has 0 unspecified atom stereocenters. The molecule has 0 saturated carbocycles. The van der Waals surface area contributed by atoms with Crippen LogP contribution in [0.5, 0.6) is 0 Å². The van der Waals surface area contributed by atoms with Crippen molar-refractivity contribution >= 4 is 41.3 Å². The number of imidazole rings is 1. The molecule has 28 heavy (non-hydrogen) atoms. The number of nitrogens with zero attached hydrogens (tertiary/aromatic N) is 4. The highest BCUT2D eigenvalue weighted by atomic mass is 127. The maximum atomic E-state index is 4.65. The van der Waals surface area contributed by atoms with Crippen LogP contribution in [0, 0.1) is 0 Å². The Hall–Kier alpha value is -1.94. The van der Waals surface area contributed by atoms with E-state index in [0.29, 0.717) is 19.0 Å². The topological polar surface area (TPSA) is 67.1 Å². The Bertz CT molecular complexity index is 872. The van der Waals surface area contributed by atoms with E-state index in [0.717, 1.165) is 23.2 Å². The van der Waals surface area contributed by atoms with E-state index in [-0.39, 0.29) is 24.0 Å². The fourth-order valence-corrected chi connectivity index (χ4v) is 3.56. The third-order valence-corrected chi connectivity index (χ3v) is 5.03. The summed E-state index contributed by atoms with van der Waals surface area (Å²) < 4.78 is 2.06. The molecular formula is C20H27IN6S. The molecule has 3 rings (SSSR count). The molecule has 0 amide bonds. The molecule has 0 radical (unpaired) electrons. The third-order valence-electron chi connectivity index (χ3n) is 4.17. The molecule has 1 aromatic carbocycles. The SMILES string of the molecule is CN=C(NCc1cccc(Cn2ccnc2)c1)NCc1nc(C(C)C)cs1.I.